The Morgan fingerprint density at radius 2 is 1.52 bits per heavy atom. The molecule has 0 saturated carbocycles. The first-order chi connectivity index (χ1) is 16.2. The Hall–Kier alpha value is -2.33. The van der Waals surface area contributed by atoms with Crippen LogP contribution in [0.25, 0.3) is 0 Å². The molecule has 33 heavy (non-hydrogen) atoms. The first kappa shape index (κ1) is 26.9. The molecule has 0 fully saturated rings. The molecule has 2 rings (SSSR count). The highest BCUT2D eigenvalue weighted by molar-refractivity contribution is 5.94. The summed E-state index contributed by atoms with van der Waals surface area (Å²) in [5.41, 5.74) is 3.08. The smallest absolute Gasteiger partial charge is 0.251 e. The minimum atomic E-state index is 0.0208. The van der Waals surface area contributed by atoms with E-state index in [1.807, 2.05) is 36.4 Å². The lowest BCUT2D eigenvalue weighted by Crippen LogP contribution is -2.24. The molecule has 0 bridgehead atoms. The Morgan fingerprint density at radius 1 is 0.848 bits per heavy atom. The first-order valence-corrected chi connectivity index (χ1v) is 12.9. The highest BCUT2D eigenvalue weighted by Crippen LogP contribution is 2.13. The number of hydrogen-bond acceptors (Lipinski definition) is 2. The monoisotopic (exact) mass is 451 g/mol. The number of rotatable bonds is 18. The summed E-state index contributed by atoms with van der Waals surface area (Å²) in [7, 11) is 1.69. The summed E-state index contributed by atoms with van der Waals surface area (Å²) >= 11 is 0. The zero-order valence-electron chi connectivity index (χ0n) is 20.8. The summed E-state index contributed by atoms with van der Waals surface area (Å²) < 4.78 is 5.26. The van der Waals surface area contributed by atoms with Gasteiger partial charge in [-0.15, -0.1) is 0 Å². The standard InChI is InChI=1S/C29H43N2O2/c1-3-4-5-6-7-8-9-10-11-12-21-31-29(32)27-18-16-26(17-19-27)24-30-22-20-25-14-13-15-28(23-25)33-2/h13-19,23H,3-12,20-22,24H2,1-2H3,(H,31,32). The average molecular weight is 452 g/mol. The maximum atomic E-state index is 12.3. The lowest BCUT2D eigenvalue weighted by atomic mass is 10.1. The second kappa shape index (κ2) is 17.2. The van der Waals surface area contributed by atoms with Crippen molar-refractivity contribution in [2.24, 2.45) is 0 Å². The van der Waals surface area contributed by atoms with Gasteiger partial charge in [0.2, 0.25) is 0 Å². The Balaban J connectivity index is 1.52. The molecule has 2 aromatic carbocycles. The Morgan fingerprint density at radius 3 is 2.18 bits per heavy atom. The number of hydrogen-bond donors (Lipinski definition) is 1. The van der Waals surface area contributed by atoms with E-state index in [-0.39, 0.29) is 5.91 Å². The number of carbonyl (C=O) groups excluding carboxylic acids is 1. The summed E-state index contributed by atoms with van der Waals surface area (Å²) in [6.45, 7) is 4.47. The molecule has 0 aliphatic rings. The summed E-state index contributed by atoms with van der Waals surface area (Å²) in [6, 6.07) is 15.9. The van der Waals surface area contributed by atoms with Gasteiger partial charge in [-0.2, -0.15) is 0 Å². The number of carbonyl (C=O) groups is 1. The van der Waals surface area contributed by atoms with E-state index in [2.05, 4.69) is 29.7 Å². The quantitative estimate of drug-likeness (QED) is 0.257. The third-order valence-corrected chi connectivity index (χ3v) is 6.02. The van der Waals surface area contributed by atoms with Gasteiger partial charge in [0.1, 0.15) is 5.75 Å². The van der Waals surface area contributed by atoms with Crippen LogP contribution in [0.2, 0.25) is 0 Å². The molecular weight excluding hydrogens is 408 g/mol. The van der Waals surface area contributed by atoms with Gasteiger partial charge < -0.3 is 10.1 Å². The van der Waals surface area contributed by atoms with Gasteiger partial charge in [0.05, 0.1) is 7.11 Å². The molecule has 0 aromatic heterocycles. The second-order valence-electron chi connectivity index (χ2n) is 8.84. The van der Waals surface area contributed by atoms with Crippen molar-refractivity contribution in [1.82, 2.24) is 10.6 Å². The van der Waals surface area contributed by atoms with E-state index >= 15 is 0 Å². The lowest BCUT2D eigenvalue weighted by molar-refractivity contribution is 0.0953. The van der Waals surface area contributed by atoms with Crippen LogP contribution in [0.15, 0.2) is 48.5 Å². The van der Waals surface area contributed by atoms with Crippen molar-refractivity contribution in [3.8, 4) is 5.75 Å². The highest BCUT2D eigenvalue weighted by atomic mass is 16.5. The van der Waals surface area contributed by atoms with E-state index in [0.717, 1.165) is 42.8 Å². The van der Waals surface area contributed by atoms with Crippen LogP contribution in [0, 0.1) is 0 Å². The van der Waals surface area contributed by atoms with Crippen LogP contribution in [-0.4, -0.2) is 26.1 Å². The summed E-state index contributed by atoms with van der Waals surface area (Å²) in [4.78, 5) is 12.3. The summed E-state index contributed by atoms with van der Waals surface area (Å²) in [6.07, 6.45) is 14.0. The molecule has 0 heterocycles. The second-order valence-corrected chi connectivity index (χ2v) is 8.84. The predicted octanol–water partition coefficient (Wildman–Crippen LogP) is 6.69. The van der Waals surface area contributed by atoms with Gasteiger partial charge >= 0.3 is 0 Å². The largest absolute Gasteiger partial charge is 0.497 e. The Kier molecular flexibility index (Phi) is 14.0. The first-order valence-electron chi connectivity index (χ1n) is 12.9. The number of ether oxygens (including phenoxy) is 1. The SMILES string of the molecule is CCCCCCCCCCCCNC(=O)c1ccc(C[N]CCc2cccc(OC)c2)cc1. The van der Waals surface area contributed by atoms with Crippen LogP contribution in [0.3, 0.4) is 0 Å². The molecular formula is C29H43N2O2. The summed E-state index contributed by atoms with van der Waals surface area (Å²) in [5.74, 6) is 0.905. The number of methoxy groups -OCH3 is 1. The van der Waals surface area contributed by atoms with Crippen molar-refractivity contribution >= 4 is 5.91 Å². The zero-order valence-corrected chi connectivity index (χ0v) is 20.8. The van der Waals surface area contributed by atoms with Crippen LogP contribution in [0.5, 0.6) is 5.75 Å². The fraction of sp³-hybridized carbons (Fsp3) is 0.552. The zero-order chi connectivity index (χ0) is 23.6. The van der Waals surface area contributed by atoms with Crippen molar-refractivity contribution < 1.29 is 9.53 Å². The molecule has 1 N–H and O–H groups in total. The Bertz CT molecular complexity index is 773. The van der Waals surface area contributed by atoms with Gasteiger partial charge in [0.25, 0.3) is 5.91 Å². The van der Waals surface area contributed by atoms with Crippen molar-refractivity contribution in [1.29, 1.82) is 0 Å². The molecule has 4 heteroatoms. The molecule has 4 nitrogen and oxygen atoms in total. The fourth-order valence-corrected chi connectivity index (χ4v) is 3.92. The van der Waals surface area contributed by atoms with Crippen LogP contribution in [0.1, 0.15) is 92.6 Å². The van der Waals surface area contributed by atoms with Gasteiger partial charge in [-0.3, -0.25) is 4.79 Å². The highest BCUT2D eigenvalue weighted by Gasteiger charge is 2.05. The van der Waals surface area contributed by atoms with E-state index < -0.39 is 0 Å². The van der Waals surface area contributed by atoms with Crippen molar-refractivity contribution in [3.05, 3.63) is 65.2 Å². The number of unbranched alkanes of at least 4 members (excludes halogenated alkanes) is 9. The maximum Gasteiger partial charge on any atom is 0.251 e. The minimum absolute atomic E-state index is 0.0208. The number of nitrogens with one attached hydrogen (secondary N) is 1. The third-order valence-electron chi connectivity index (χ3n) is 6.02. The lowest BCUT2D eigenvalue weighted by Gasteiger charge is -2.07. The van der Waals surface area contributed by atoms with Crippen LogP contribution in [-0.2, 0) is 13.0 Å². The average Bonchev–Trinajstić information content (AvgIpc) is 2.85. The van der Waals surface area contributed by atoms with E-state index in [1.54, 1.807) is 7.11 Å². The van der Waals surface area contributed by atoms with Gasteiger partial charge in [-0.25, -0.2) is 5.32 Å². The van der Waals surface area contributed by atoms with Gasteiger partial charge in [0, 0.05) is 25.2 Å². The Labute approximate surface area is 201 Å². The molecule has 1 amide bonds. The van der Waals surface area contributed by atoms with Crippen LogP contribution < -0.4 is 15.4 Å². The van der Waals surface area contributed by atoms with Crippen LogP contribution >= 0.6 is 0 Å². The topological polar surface area (TPSA) is 52.4 Å². The molecule has 0 saturated heterocycles. The predicted molar refractivity (Wildman–Crippen MR) is 138 cm³/mol. The molecule has 0 aliphatic heterocycles. The maximum absolute atomic E-state index is 12.3. The van der Waals surface area contributed by atoms with Gasteiger partial charge in [-0.05, 0) is 48.2 Å². The van der Waals surface area contributed by atoms with E-state index in [4.69, 9.17) is 4.74 Å². The fourth-order valence-electron chi connectivity index (χ4n) is 3.92. The van der Waals surface area contributed by atoms with E-state index in [1.165, 1.54) is 63.4 Å². The molecule has 0 spiro atoms. The minimum Gasteiger partial charge on any atom is -0.497 e. The number of benzene rings is 2. The van der Waals surface area contributed by atoms with Crippen LogP contribution in [0.4, 0.5) is 0 Å². The summed E-state index contributed by atoms with van der Waals surface area (Å²) in [5, 5.41) is 7.69. The molecule has 1 radical (unpaired) electrons. The number of nitrogens with zero attached hydrogens (tertiary/aromatic N) is 1. The van der Waals surface area contributed by atoms with Crippen molar-refractivity contribution in [3.63, 3.8) is 0 Å². The molecule has 181 valence electrons. The molecule has 0 unspecified atom stereocenters. The molecule has 2 aromatic rings. The van der Waals surface area contributed by atoms with Gasteiger partial charge in [-0.1, -0.05) is 89.0 Å². The van der Waals surface area contributed by atoms with Gasteiger partial charge in [0.15, 0.2) is 0 Å². The van der Waals surface area contributed by atoms with Crippen molar-refractivity contribution in [2.45, 2.75) is 84.1 Å². The molecule has 0 aliphatic carbocycles. The third kappa shape index (κ3) is 11.9. The van der Waals surface area contributed by atoms with Crippen molar-refractivity contribution in [2.75, 3.05) is 20.2 Å². The molecule has 0 atom stereocenters. The van der Waals surface area contributed by atoms with E-state index in [0.29, 0.717) is 6.54 Å². The normalized spacial score (nSPS) is 10.8. The number of amides is 1. The van der Waals surface area contributed by atoms with E-state index in [9.17, 15) is 4.79 Å².